The van der Waals surface area contributed by atoms with Crippen LogP contribution in [-0.2, 0) is 23.1 Å². The fraction of sp³-hybridized carbons (Fsp3) is 0.786. The van der Waals surface area contributed by atoms with Crippen LogP contribution in [0.15, 0.2) is 0 Å². The molecule has 0 saturated heterocycles. The van der Waals surface area contributed by atoms with Crippen LogP contribution < -0.4 is 5.32 Å². The van der Waals surface area contributed by atoms with E-state index in [-0.39, 0.29) is 5.54 Å². The highest BCUT2D eigenvalue weighted by Gasteiger charge is 2.41. The van der Waals surface area contributed by atoms with Gasteiger partial charge in [0.1, 0.15) is 5.01 Å². The molecule has 100 valence electrons. The Morgan fingerprint density at radius 3 is 2.78 bits per heavy atom. The molecule has 0 bridgehead atoms. The predicted octanol–water partition coefficient (Wildman–Crippen LogP) is 2.64. The van der Waals surface area contributed by atoms with Gasteiger partial charge in [0, 0.05) is 18.5 Å². The van der Waals surface area contributed by atoms with E-state index in [2.05, 4.69) is 5.32 Å². The number of nitrogens with one attached hydrogen (secondary N) is 1. The molecule has 0 atom stereocenters. The molecule has 0 aromatic carbocycles. The third kappa shape index (κ3) is 2.22. The lowest BCUT2D eigenvalue weighted by atomic mass is 9.77. The van der Waals surface area contributed by atoms with Crippen molar-refractivity contribution in [1.29, 1.82) is 0 Å². The van der Waals surface area contributed by atoms with E-state index in [9.17, 15) is 0 Å². The molecular formula is C14H22N2OS. The Morgan fingerprint density at radius 2 is 2.11 bits per heavy atom. The van der Waals surface area contributed by atoms with Gasteiger partial charge in [-0.05, 0) is 44.9 Å². The van der Waals surface area contributed by atoms with Gasteiger partial charge < -0.3 is 10.1 Å². The smallest absolute Gasteiger partial charge is 0.113 e. The van der Waals surface area contributed by atoms with Gasteiger partial charge in [-0.15, -0.1) is 11.3 Å². The Morgan fingerprint density at radius 1 is 1.28 bits per heavy atom. The summed E-state index contributed by atoms with van der Waals surface area (Å²) >= 11 is 1.96. The Balaban J connectivity index is 1.76. The summed E-state index contributed by atoms with van der Waals surface area (Å²) in [4.78, 5) is 6.49. The standard InChI is InChI=1S/C14H22N2OS/c1-17-10-9-15-14(7-4-8-14)13-16-11-5-2-3-6-12(11)18-13/h15H,2-10H2,1H3. The van der Waals surface area contributed by atoms with Crippen LogP contribution in [-0.4, -0.2) is 25.2 Å². The first-order chi connectivity index (χ1) is 8.84. The fourth-order valence-electron chi connectivity index (χ4n) is 2.95. The van der Waals surface area contributed by atoms with Crippen LogP contribution in [0.3, 0.4) is 0 Å². The van der Waals surface area contributed by atoms with E-state index in [0.717, 1.165) is 13.2 Å². The minimum absolute atomic E-state index is 0.181. The van der Waals surface area contributed by atoms with Crippen molar-refractivity contribution < 1.29 is 4.74 Å². The summed E-state index contributed by atoms with van der Waals surface area (Å²) in [5, 5.41) is 5.03. The van der Waals surface area contributed by atoms with Crippen molar-refractivity contribution in [3.63, 3.8) is 0 Å². The van der Waals surface area contributed by atoms with Crippen LogP contribution in [0.4, 0.5) is 0 Å². The zero-order chi connectivity index (χ0) is 12.4. The first kappa shape index (κ1) is 12.6. The van der Waals surface area contributed by atoms with Gasteiger partial charge in [0.2, 0.25) is 0 Å². The third-order valence-corrected chi connectivity index (χ3v) is 5.59. The predicted molar refractivity (Wildman–Crippen MR) is 74.2 cm³/mol. The Bertz CT molecular complexity index is 388. The maximum Gasteiger partial charge on any atom is 0.113 e. The summed E-state index contributed by atoms with van der Waals surface area (Å²) in [6.45, 7) is 1.72. The number of ether oxygens (including phenoxy) is 1. The van der Waals surface area contributed by atoms with Gasteiger partial charge >= 0.3 is 0 Å². The van der Waals surface area contributed by atoms with Gasteiger partial charge in [-0.25, -0.2) is 4.98 Å². The van der Waals surface area contributed by atoms with Crippen molar-refractivity contribution in [2.24, 2.45) is 0 Å². The van der Waals surface area contributed by atoms with Crippen LogP contribution in [0.25, 0.3) is 0 Å². The molecule has 2 aliphatic rings. The lowest BCUT2D eigenvalue weighted by Gasteiger charge is -2.41. The monoisotopic (exact) mass is 266 g/mol. The molecule has 2 aliphatic carbocycles. The van der Waals surface area contributed by atoms with Crippen LogP contribution in [0.1, 0.15) is 47.7 Å². The Kier molecular flexibility index (Phi) is 3.68. The van der Waals surface area contributed by atoms with Crippen molar-refractivity contribution in [3.8, 4) is 0 Å². The fourth-order valence-corrected chi connectivity index (χ4v) is 4.32. The summed E-state index contributed by atoms with van der Waals surface area (Å²) < 4.78 is 5.14. The molecule has 1 fully saturated rings. The Hall–Kier alpha value is -0.450. The molecule has 3 rings (SSSR count). The molecule has 4 heteroatoms. The van der Waals surface area contributed by atoms with E-state index in [4.69, 9.17) is 9.72 Å². The highest BCUT2D eigenvalue weighted by Crippen LogP contribution is 2.44. The number of thiazole rings is 1. The molecule has 0 unspecified atom stereocenters. The third-order valence-electron chi connectivity index (χ3n) is 4.23. The number of aromatic nitrogens is 1. The molecule has 1 heterocycles. The van der Waals surface area contributed by atoms with Gasteiger partial charge in [0.25, 0.3) is 0 Å². The summed E-state index contributed by atoms with van der Waals surface area (Å²) in [6, 6.07) is 0. The lowest BCUT2D eigenvalue weighted by Crippen LogP contribution is -2.49. The molecule has 3 nitrogen and oxygen atoms in total. The van der Waals surface area contributed by atoms with Crippen molar-refractivity contribution in [3.05, 3.63) is 15.6 Å². The highest BCUT2D eigenvalue weighted by atomic mass is 32.1. The number of fused-ring (bicyclic) bond motifs is 1. The van der Waals surface area contributed by atoms with E-state index in [0.29, 0.717) is 0 Å². The summed E-state index contributed by atoms with van der Waals surface area (Å²) in [7, 11) is 1.76. The minimum Gasteiger partial charge on any atom is -0.383 e. The summed E-state index contributed by atoms with van der Waals surface area (Å²) in [6.07, 6.45) is 8.91. The summed E-state index contributed by atoms with van der Waals surface area (Å²) in [5.74, 6) is 0. The van der Waals surface area contributed by atoms with E-state index in [1.54, 1.807) is 12.0 Å². The SMILES string of the molecule is COCCNC1(c2nc3c(s2)CCCC3)CCC1. The van der Waals surface area contributed by atoms with Crippen LogP contribution >= 0.6 is 11.3 Å². The second kappa shape index (κ2) is 5.27. The van der Waals surface area contributed by atoms with Crippen molar-refractivity contribution in [2.75, 3.05) is 20.3 Å². The summed E-state index contributed by atoms with van der Waals surface area (Å²) in [5.41, 5.74) is 1.57. The number of methoxy groups -OCH3 is 1. The van der Waals surface area contributed by atoms with Crippen molar-refractivity contribution >= 4 is 11.3 Å². The van der Waals surface area contributed by atoms with Crippen LogP contribution in [0.5, 0.6) is 0 Å². The molecule has 1 aromatic rings. The van der Waals surface area contributed by atoms with Gasteiger partial charge in [0.05, 0.1) is 17.8 Å². The normalized spacial score (nSPS) is 21.4. The van der Waals surface area contributed by atoms with E-state index >= 15 is 0 Å². The molecule has 1 N–H and O–H groups in total. The topological polar surface area (TPSA) is 34.1 Å². The van der Waals surface area contributed by atoms with Gasteiger partial charge in [-0.1, -0.05) is 0 Å². The number of hydrogen-bond acceptors (Lipinski definition) is 4. The average Bonchev–Trinajstić information content (AvgIpc) is 2.76. The number of aryl methyl sites for hydroxylation is 2. The highest BCUT2D eigenvalue weighted by molar-refractivity contribution is 7.11. The average molecular weight is 266 g/mol. The van der Waals surface area contributed by atoms with Crippen LogP contribution in [0, 0.1) is 0 Å². The van der Waals surface area contributed by atoms with E-state index in [1.165, 1.54) is 55.6 Å². The first-order valence-electron chi connectivity index (χ1n) is 7.07. The zero-order valence-electron chi connectivity index (χ0n) is 11.1. The molecule has 18 heavy (non-hydrogen) atoms. The van der Waals surface area contributed by atoms with Gasteiger partial charge in [0.15, 0.2) is 0 Å². The second-order valence-electron chi connectivity index (χ2n) is 5.45. The van der Waals surface area contributed by atoms with E-state index < -0.39 is 0 Å². The molecule has 1 saturated carbocycles. The van der Waals surface area contributed by atoms with Crippen molar-refractivity contribution in [1.82, 2.24) is 10.3 Å². The van der Waals surface area contributed by atoms with Crippen LogP contribution in [0.2, 0.25) is 0 Å². The van der Waals surface area contributed by atoms with Crippen molar-refractivity contribution in [2.45, 2.75) is 50.5 Å². The maximum atomic E-state index is 5.14. The van der Waals surface area contributed by atoms with Gasteiger partial charge in [-0.3, -0.25) is 0 Å². The molecular weight excluding hydrogens is 244 g/mol. The molecule has 0 aliphatic heterocycles. The number of nitrogens with zero attached hydrogens (tertiary/aromatic N) is 1. The number of hydrogen-bond donors (Lipinski definition) is 1. The molecule has 0 spiro atoms. The lowest BCUT2D eigenvalue weighted by molar-refractivity contribution is 0.145. The first-order valence-corrected chi connectivity index (χ1v) is 7.89. The quantitative estimate of drug-likeness (QED) is 0.832. The molecule has 0 radical (unpaired) electrons. The zero-order valence-corrected chi connectivity index (χ0v) is 11.9. The molecule has 0 amide bonds. The number of rotatable bonds is 5. The minimum atomic E-state index is 0.181. The largest absolute Gasteiger partial charge is 0.383 e. The maximum absolute atomic E-state index is 5.14. The van der Waals surface area contributed by atoms with Gasteiger partial charge in [-0.2, -0.15) is 0 Å². The Labute approximate surface area is 113 Å². The molecule has 1 aromatic heterocycles. The van der Waals surface area contributed by atoms with E-state index in [1.807, 2.05) is 11.3 Å². The second-order valence-corrected chi connectivity index (χ2v) is 6.53.